The first kappa shape index (κ1) is 15.7. The van der Waals surface area contributed by atoms with Crippen LogP contribution in [0.4, 0.5) is 0 Å². The number of carbonyl (C=O) groups excluding carboxylic acids is 1. The first-order chi connectivity index (χ1) is 10.6. The fourth-order valence-electron chi connectivity index (χ4n) is 2.94. The third-order valence-corrected chi connectivity index (χ3v) is 5.13. The second-order valence-electron chi connectivity index (χ2n) is 5.62. The van der Waals surface area contributed by atoms with Crippen molar-refractivity contribution < 1.29 is 4.79 Å². The van der Waals surface area contributed by atoms with E-state index in [4.69, 9.17) is 11.6 Å². The van der Waals surface area contributed by atoms with Gasteiger partial charge in [-0.05, 0) is 17.2 Å². The van der Waals surface area contributed by atoms with Gasteiger partial charge in [-0.15, -0.1) is 0 Å². The SMILES string of the molecule is O=C1C(Br)CN(Cc2ccccc2)CC1c1ccccc1Cl. The van der Waals surface area contributed by atoms with E-state index in [9.17, 15) is 4.79 Å². The predicted octanol–water partition coefficient (Wildman–Crippen LogP) is 4.27. The number of alkyl halides is 1. The maximum absolute atomic E-state index is 12.5. The summed E-state index contributed by atoms with van der Waals surface area (Å²) in [6.07, 6.45) is 0. The van der Waals surface area contributed by atoms with Crippen LogP contribution in [0.2, 0.25) is 5.02 Å². The van der Waals surface area contributed by atoms with Crippen molar-refractivity contribution in [3.05, 3.63) is 70.7 Å². The lowest BCUT2D eigenvalue weighted by atomic mass is 9.89. The van der Waals surface area contributed by atoms with E-state index >= 15 is 0 Å². The summed E-state index contributed by atoms with van der Waals surface area (Å²) in [6, 6.07) is 18.0. The molecule has 2 nitrogen and oxygen atoms in total. The summed E-state index contributed by atoms with van der Waals surface area (Å²) in [5.41, 5.74) is 2.19. The van der Waals surface area contributed by atoms with Crippen LogP contribution in [0.15, 0.2) is 54.6 Å². The summed E-state index contributed by atoms with van der Waals surface area (Å²) in [6.45, 7) is 2.28. The Morgan fingerprint density at radius 2 is 1.73 bits per heavy atom. The van der Waals surface area contributed by atoms with Crippen LogP contribution in [0.3, 0.4) is 0 Å². The highest BCUT2D eigenvalue weighted by Gasteiger charge is 2.35. The third kappa shape index (κ3) is 3.43. The zero-order valence-electron chi connectivity index (χ0n) is 12.1. The minimum Gasteiger partial charge on any atom is -0.298 e. The quantitative estimate of drug-likeness (QED) is 0.743. The molecule has 0 aliphatic carbocycles. The number of likely N-dealkylation sites (tertiary alicyclic amines) is 1. The summed E-state index contributed by atoms with van der Waals surface area (Å²) >= 11 is 9.83. The summed E-state index contributed by atoms with van der Waals surface area (Å²) in [4.78, 5) is 14.7. The van der Waals surface area contributed by atoms with Crippen molar-refractivity contribution in [2.75, 3.05) is 13.1 Å². The maximum Gasteiger partial charge on any atom is 0.156 e. The summed E-state index contributed by atoms with van der Waals surface area (Å²) in [7, 11) is 0. The van der Waals surface area contributed by atoms with Gasteiger partial charge in [-0.25, -0.2) is 0 Å². The van der Waals surface area contributed by atoms with Crippen molar-refractivity contribution in [1.29, 1.82) is 0 Å². The molecule has 1 saturated heterocycles. The highest BCUT2D eigenvalue weighted by atomic mass is 79.9. The summed E-state index contributed by atoms with van der Waals surface area (Å²) < 4.78 is 0. The smallest absolute Gasteiger partial charge is 0.156 e. The Labute approximate surface area is 144 Å². The molecule has 0 N–H and O–H groups in total. The van der Waals surface area contributed by atoms with Gasteiger partial charge in [0.25, 0.3) is 0 Å². The molecule has 1 aliphatic rings. The second-order valence-corrected chi connectivity index (χ2v) is 7.14. The first-order valence-electron chi connectivity index (χ1n) is 7.33. The molecule has 0 radical (unpaired) electrons. The molecule has 0 bridgehead atoms. The van der Waals surface area contributed by atoms with E-state index in [2.05, 4.69) is 33.0 Å². The van der Waals surface area contributed by atoms with Gasteiger partial charge in [-0.2, -0.15) is 0 Å². The lowest BCUT2D eigenvalue weighted by Crippen LogP contribution is -2.45. The Kier molecular flexibility index (Phi) is 4.97. The van der Waals surface area contributed by atoms with Crippen molar-refractivity contribution in [2.45, 2.75) is 17.3 Å². The van der Waals surface area contributed by atoms with Crippen molar-refractivity contribution in [2.24, 2.45) is 0 Å². The summed E-state index contributed by atoms with van der Waals surface area (Å²) in [5.74, 6) is 0.0490. The van der Waals surface area contributed by atoms with Crippen LogP contribution >= 0.6 is 27.5 Å². The average molecular weight is 379 g/mol. The molecule has 2 aromatic rings. The van der Waals surface area contributed by atoms with Crippen molar-refractivity contribution in [1.82, 2.24) is 4.90 Å². The van der Waals surface area contributed by atoms with Crippen LogP contribution in [0.1, 0.15) is 17.0 Å². The first-order valence-corrected chi connectivity index (χ1v) is 8.63. The Morgan fingerprint density at radius 3 is 2.45 bits per heavy atom. The van der Waals surface area contributed by atoms with E-state index in [1.54, 1.807) is 0 Å². The average Bonchev–Trinajstić information content (AvgIpc) is 2.52. The van der Waals surface area contributed by atoms with E-state index in [1.165, 1.54) is 5.56 Å². The number of halogens is 2. The molecule has 0 aromatic heterocycles. The maximum atomic E-state index is 12.5. The monoisotopic (exact) mass is 377 g/mol. The molecule has 2 unspecified atom stereocenters. The molecular formula is C18H17BrClNO. The molecule has 4 heteroatoms. The van der Waals surface area contributed by atoms with Gasteiger partial charge >= 0.3 is 0 Å². The van der Waals surface area contributed by atoms with Crippen LogP contribution in [0.25, 0.3) is 0 Å². The fraction of sp³-hybridized carbons (Fsp3) is 0.278. The number of ketones is 1. The van der Waals surface area contributed by atoms with Gasteiger partial charge in [0.1, 0.15) is 0 Å². The Morgan fingerprint density at radius 1 is 1.05 bits per heavy atom. The Bertz CT molecular complexity index is 661. The van der Waals surface area contributed by atoms with Crippen LogP contribution in [-0.4, -0.2) is 28.6 Å². The van der Waals surface area contributed by atoms with Gasteiger partial charge < -0.3 is 0 Å². The van der Waals surface area contributed by atoms with E-state index in [1.807, 2.05) is 42.5 Å². The highest BCUT2D eigenvalue weighted by Crippen LogP contribution is 2.32. The lowest BCUT2D eigenvalue weighted by molar-refractivity contribution is -0.122. The Balaban J connectivity index is 1.81. The normalized spacial score (nSPS) is 22.7. The fourth-order valence-corrected chi connectivity index (χ4v) is 3.93. The summed E-state index contributed by atoms with van der Waals surface area (Å²) in [5, 5.41) is 0.669. The van der Waals surface area contributed by atoms with E-state index in [0.29, 0.717) is 11.6 Å². The number of Topliss-reactive ketones (excluding diaryl/α,β-unsaturated/α-hetero) is 1. The number of hydrogen-bond donors (Lipinski definition) is 0. The van der Waals surface area contributed by atoms with Crippen molar-refractivity contribution in [3.8, 4) is 0 Å². The molecule has 2 atom stereocenters. The lowest BCUT2D eigenvalue weighted by Gasteiger charge is -2.35. The minimum atomic E-state index is -0.171. The van der Waals surface area contributed by atoms with Gasteiger partial charge in [0.05, 0.1) is 10.7 Å². The van der Waals surface area contributed by atoms with Crippen LogP contribution in [-0.2, 0) is 11.3 Å². The molecule has 2 aromatic carbocycles. The van der Waals surface area contributed by atoms with Gasteiger partial charge in [0.15, 0.2) is 5.78 Å². The van der Waals surface area contributed by atoms with Gasteiger partial charge in [0, 0.05) is 24.7 Å². The number of nitrogens with zero attached hydrogens (tertiary/aromatic N) is 1. The third-order valence-electron chi connectivity index (χ3n) is 4.04. The number of carbonyl (C=O) groups is 1. The van der Waals surface area contributed by atoms with Crippen molar-refractivity contribution in [3.63, 3.8) is 0 Å². The minimum absolute atomic E-state index is 0.147. The van der Waals surface area contributed by atoms with Crippen LogP contribution in [0, 0.1) is 0 Å². The molecule has 0 saturated carbocycles. The topological polar surface area (TPSA) is 20.3 Å². The van der Waals surface area contributed by atoms with Crippen LogP contribution in [0.5, 0.6) is 0 Å². The molecule has 1 aliphatic heterocycles. The molecule has 114 valence electrons. The highest BCUT2D eigenvalue weighted by molar-refractivity contribution is 9.10. The molecular weight excluding hydrogens is 362 g/mol. The Hall–Kier alpha value is -1.16. The van der Waals surface area contributed by atoms with E-state index in [0.717, 1.165) is 18.7 Å². The standard InChI is InChI=1S/C18H17BrClNO/c19-16-12-21(10-13-6-2-1-3-7-13)11-15(18(16)22)14-8-4-5-9-17(14)20/h1-9,15-16H,10-12H2. The van der Waals surface area contributed by atoms with Gasteiger partial charge in [-0.3, -0.25) is 9.69 Å². The van der Waals surface area contributed by atoms with Gasteiger partial charge in [-0.1, -0.05) is 76.1 Å². The zero-order chi connectivity index (χ0) is 15.5. The van der Waals surface area contributed by atoms with Gasteiger partial charge in [0.2, 0.25) is 0 Å². The van der Waals surface area contributed by atoms with Crippen LogP contribution < -0.4 is 0 Å². The number of hydrogen-bond acceptors (Lipinski definition) is 2. The molecule has 1 fully saturated rings. The number of rotatable bonds is 3. The largest absolute Gasteiger partial charge is 0.298 e. The molecule has 1 heterocycles. The van der Waals surface area contributed by atoms with Crippen molar-refractivity contribution >= 4 is 33.3 Å². The second kappa shape index (κ2) is 6.95. The molecule has 3 rings (SSSR count). The zero-order valence-corrected chi connectivity index (χ0v) is 14.4. The van der Waals surface area contributed by atoms with E-state index < -0.39 is 0 Å². The number of piperidine rings is 1. The number of benzene rings is 2. The van der Waals surface area contributed by atoms with E-state index in [-0.39, 0.29) is 16.5 Å². The predicted molar refractivity (Wildman–Crippen MR) is 93.6 cm³/mol. The molecule has 0 amide bonds. The molecule has 22 heavy (non-hydrogen) atoms. The molecule has 0 spiro atoms.